The molecule has 3 rings (SSSR count). The third-order valence-electron chi connectivity index (χ3n) is 3.87. The zero-order chi connectivity index (χ0) is 19.7. The molecule has 1 unspecified atom stereocenters. The number of carbonyl (C=O) groups excluding carboxylic acids is 1. The number of hydrogen-bond acceptors (Lipinski definition) is 5. The van der Waals surface area contributed by atoms with Crippen LogP contribution in [0.1, 0.15) is 10.4 Å². The molecule has 0 radical (unpaired) electrons. The number of pyridine rings is 1. The third kappa shape index (κ3) is 4.21. The van der Waals surface area contributed by atoms with E-state index in [0.717, 1.165) is 0 Å². The number of nitrogens with one attached hydrogen (secondary N) is 3. The molecule has 0 saturated heterocycles. The molecule has 0 bridgehead atoms. The molecule has 2 heterocycles. The van der Waals surface area contributed by atoms with Gasteiger partial charge in [-0.3, -0.25) is 10.2 Å². The highest BCUT2D eigenvalue weighted by atomic mass is 79.9. The maximum Gasteiger partial charge on any atom is 0.257 e. The van der Waals surface area contributed by atoms with Crippen molar-refractivity contribution in [1.82, 2.24) is 9.88 Å². The molecule has 6 nitrogen and oxygen atoms in total. The van der Waals surface area contributed by atoms with Gasteiger partial charge in [-0.15, -0.1) is 0 Å². The molecule has 1 aliphatic heterocycles. The monoisotopic (exact) mass is 487 g/mol. The molecular formula is C17H13BrCl3N5O. The molecule has 0 fully saturated rings. The Morgan fingerprint density at radius 3 is 2.78 bits per heavy atom. The lowest BCUT2D eigenvalue weighted by molar-refractivity contribution is 0.0757. The zero-order valence-electron chi connectivity index (χ0n) is 13.9. The van der Waals surface area contributed by atoms with Crippen LogP contribution >= 0.6 is 50.7 Å². The van der Waals surface area contributed by atoms with E-state index in [1.165, 1.54) is 11.0 Å². The summed E-state index contributed by atoms with van der Waals surface area (Å²) < 4.78 is 0.104. The quantitative estimate of drug-likeness (QED) is 0.514. The minimum absolute atomic E-state index is 0.104. The molecule has 1 aromatic carbocycles. The van der Waals surface area contributed by atoms with Crippen molar-refractivity contribution in [3.8, 4) is 0 Å². The van der Waals surface area contributed by atoms with Crippen molar-refractivity contribution in [2.75, 3.05) is 17.7 Å². The number of anilines is 2. The van der Waals surface area contributed by atoms with Crippen LogP contribution in [0.3, 0.4) is 0 Å². The number of benzene rings is 1. The largest absolute Gasteiger partial charge is 0.358 e. The van der Waals surface area contributed by atoms with E-state index in [1.54, 1.807) is 37.5 Å². The SMILES string of the molecule is CN1C(=O)c2cc(Cl)cc(Cl)c2NC1/C(=C/C(=N)Br)Nc1ncccc1Cl. The number of fused-ring (bicyclic) bond motifs is 1. The number of aromatic nitrogens is 1. The van der Waals surface area contributed by atoms with Crippen LogP contribution in [0.2, 0.25) is 15.1 Å². The lowest BCUT2D eigenvalue weighted by Crippen LogP contribution is -2.49. The fourth-order valence-electron chi connectivity index (χ4n) is 2.65. The molecule has 0 saturated carbocycles. The average molecular weight is 490 g/mol. The van der Waals surface area contributed by atoms with Crippen LogP contribution in [0.25, 0.3) is 0 Å². The summed E-state index contributed by atoms with van der Waals surface area (Å²) in [6, 6.07) is 6.51. The van der Waals surface area contributed by atoms with Crippen LogP contribution in [-0.2, 0) is 0 Å². The number of rotatable bonds is 4. The maximum absolute atomic E-state index is 12.8. The number of nitrogens with zero attached hydrogens (tertiary/aromatic N) is 2. The van der Waals surface area contributed by atoms with Crippen molar-refractivity contribution in [3.05, 3.63) is 62.9 Å². The minimum Gasteiger partial charge on any atom is -0.358 e. The van der Waals surface area contributed by atoms with E-state index in [-0.39, 0.29) is 10.5 Å². The van der Waals surface area contributed by atoms with Gasteiger partial charge in [0.1, 0.15) is 12.0 Å². The number of allylic oxidation sites excluding steroid dienone is 1. The molecular weight excluding hydrogens is 476 g/mol. The molecule has 2 aromatic rings. The summed E-state index contributed by atoms with van der Waals surface area (Å²) in [6.07, 6.45) is 2.46. The number of carbonyl (C=O) groups is 1. The van der Waals surface area contributed by atoms with Gasteiger partial charge >= 0.3 is 0 Å². The van der Waals surface area contributed by atoms with Crippen molar-refractivity contribution in [2.24, 2.45) is 0 Å². The molecule has 1 aliphatic rings. The van der Waals surface area contributed by atoms with Gasteiger partial charge in [-0.1, -0.05) is 34.8 Å². The lowest BCUT2D eigenvalue weighted by atomic mass is 10.1. The first kappa shape index (κ1) is 19.9. The summed E-state index contributed by atoms with van der Waals surface area (Å²) >= 11 is 21.6. The Kier molecular flexibility index (Phi) is 5.95. The molecule has 1 aromatic heterocycles. The summed E-state index contributed by atoms with van der Waals surface area (Å²) in [7, 11) is 1.63. The molecule has 0 spiro atoms. The first-order valence-electron chi connectivity index (χ1n) is 7.64. The molecule has 140 valence electrons. The number of hydrogen-bond donors (Lipinski definition) is 3. The highest BCUT2D eigenvalue weighted by Gasteiger charge is 2.33. The third-order valence-corrected chi connectivity index (χ3v) is 4.92. The summed E-state index contributed by atoms with van der Waals surface area (Å²) in [5, 5.41) is 15.2. The molecule has 0 aliphatic carbocycles. The summed E-state index contributed by atoms with van der Waals surface area (Å²) in [5.41, 5.74) is 1.32. The molecule has 1 atom stereocenters. The van der Waals surface area contributed by atoms with Gasteiger partial charge in [0.05, 0.1) is 31.6 Å². The van der Waals surface area contributed by atoms with E-state index >= 15 is 0 Å². The second-order valence-corrected chi connectivity index (χ2v) is 7.78. The zero-order valence-corrected chi connectivity index (χ0v) is 17.7. The topological polar surface area (TPSA) is 81.1 Å². The van der Waals surface area contributed by atoms with E-state index in [1.807, 2.05) is 0 Å². The van der Waals surface area contributed by atoms with Crippen LogP contribution in [0.4, 0.5) is 11.5 Å². The molecule has 1 amide bonds. The Morgan fingerprint density at radius 2 is 2.11 bits per heavy atom. The fraction of sp³-hybridized carbons (Fsp3) is 0.118. The summed E-state index contributed by atoms with van der Waals surface area (Å²) in [4.78, 5) is 18.5. The number of halogens is 4. The normalized spacial score (nSPS) is 16.6. The van der Waals surface area contributed by atoms with Gasteiger partial charge in [-0.2, -0.15) is 0 Å². The Morgan fingerprint density at radius 1 is 1.37 bits per heavy atom. The van der Waals surface area contributed by atoms with Crippen molar-refractivity contribution in [1.29, 1.82) is 5.41 Å². The van der Waals surface area contributed by atoms with E-state index in [0.29, 0.717) is 37.8 Å². The highest BCUT2D eigenvalue weighted by Crippen LogP contribution is 2.36. The number of amides is 1. The van der Waals surface area contributed by atoms with Crippen molar-refractivity contribution in [3.63, 3.8) is 0 Å². The van der Waals surface area contributed by atoms with Gasteiger partial charge in [0, 0.05) is 18.3 Å². The van der Waals surface area contributed by atoms with Crippen molar-refractivity contribution >= 4 is 72.8 Å². The average Bonchev–Trinajstić information content (AvgIpc) is 2.59. The molecule has 27 heavy (non-hydrogen) atoms. The van der Waals surface area contributed by atoms with Crippen LogP contribution in [0.15, 0.2) is 42.2 Å². The minimum atomic E-state index is -0.639. The predicted octanol–water partition coefficient (Wildman–Crippen LogP) is 5.23. The van der Waals surface area contributed by atoms with E-state index < -0.39 is 6.17 Å². The first-order chi connectivity index (χ1) is 12.8. The Labute approximate surface area is 179 Å². The summed E-state index contributed by atoms with van der Waals surface area (Å²) in [5.74, 6) is 0.133. The van der Waals surface area contributed by atoms with Crippen LogP contribution in [0, 0.1) is 5.41 Å². The second-order valence-electron chi connectivity index (χ2n) is 5.68. The van der Waals surface area contributed by atoms with Crippen LogP contribution < -0.4 is 10.6 Å². The van der Waals surface area contributed by atoms with Gasteiger partial charge in [0.2, 0.25) is 0 Å². The van der Waals surface area contributed by atoms with Gasteiger partial charge < -0.3 is 15.5 Å². The van der Waals surface area contributed by atoms with E-state index in [9.17, 15) is 4.79 Å². The molecule has 10 heteroatoms. The standard InChI is InChI=1S/C17H13BrCl3N5O/c1-26-16(25-14-9(17(26)27)5-8(19)6-11(14)21)12(7-13(18)22)24-15-10(20)3-2-4-23-15/h2-7,16,22,25H,1H3,(H,23,24)/b12-7-,22-13?. The van der Waals surface area contributed by atoms with Gasteiger partial charge in [0.25, 0.3) is 5.91 Å². The molecule has 3 N–H and O–H groups in total. The van der Waals surface area contributed by atoms with E-state index in [4.69, 9.17) is 40.2 Å². The van der Waals surface area contributed by atoms with Gasteiger partial charge in [-0.25, -0.2) is 4.98 Å². The smallest absolute Gasteiger partial charge is 0.257 e. The Balaban J connectivity index is 2.04. The van der Waals surface area contributed by atoms with Crippen LogP contribution in [0.5, 0.6) is 0 Å². The van der Waals surface area contributed by atoms with Crippen molar-refractivity contribution < 1.29 is 4.79 Å². The highest BCUT2D eigenvalue weighted by molar-refractivity contribution is 9.18. The predicted molar refractivity (Wildman–Crippen MR) is 114 cm³/mol. The van der Waals surface area contributed by atoms with Crippen LogP contribution in [-0.4, -0.2) is 33.6 Å². The van der Waals surface area contributed by atoms with Gasteiger partial charge in [-0.05, 0) is 46.3 Å². The summed E-state index contributed by atoms with van der Waals surface area (Å²) in [6.45, 7) is 0. The Hall–Kier alpha value is -1.80. The van der Waals surface area contributed by atoms with Gasteiger partial charge in [0.15, 0.2) is 0 Å². The maximum atomic E-state index is 12.8. The Bertz CT molecular complexity index is 966. The van der Waals surface area contributed by atoms with E-state index in [2.05, 4.69) is 31.5 Å². The fourth-order valence-corrected chi connectivity index (χ4v) is 3.61. The van der Waals surface area contributed by atoms with Crippen molar-refractivity contribution in [2.45, 2.75) is 6.17 Å². The lowest BCUT2D eigenvalue weighted by Gasteiger charge is -2.37. The second kappa shape index (κ2) is 8.06. The first-order valence-corrected chi connectivity index (χ1v) is 9.56. The number of likely N-dealkylation sites (N-methyl/N-ethyl adjacent to an activating group) is 1.